The van der Waals surface area contributed by atoms with Crippen LogP contribution < -0.4 is 16.0 Å². The third kappa shape index (κ3) is 7.92. The first-order chi connectivity index (χ1) is 10.1. The Balaban J connectivity index is 0.00000441. The molecule has 0 radical (unpaired) electrons. The topological polar surface area (TPSA) is 78.4 Å². The maximum absolute atomic E-state index is 11.6. The van der Waals surface area contributed by atoms with E-state index in [0.29, 0.717) is 19.0 Å². The molecule has 0 saturated carbocycles. The molecule has 0 fully saturated rings. The molecule has 1 aromatic heterocycles. The molecule has 8 heteroatoms. The number of hydrogen-bond acceptors (Lipinski definition) is 4. The van der Waals surface area contributed by atoms with Crippen LogP contribution in [0.4, 0.5) is 0 Å². The minimum Gasteiger partial charge on any atom is -0.357 e. The van der Waals surface area contributed by atoms with Gasteiger partial charge in [0, 0.05) is 18.0 Å². The zero-order valence-corrected chi connectivity index (χ0v) is 16.8. The molecule has 0 atom stereocenters. The molecule has 1 heterocycles. The number of nitrogens with one attached hydrogen (secondary N) is 3. The zero-order chi connectivity index (χ0) is 15.7. The summed E-state index contributed by atoms with van der Waals surface area (Å²) in [6, 6.07) is 0. The van der Waals surface area contributed by atoms with Gasteiger partial charge in [0.05, 0.1) is 17.2 Å². The number of aromatic nitrogens is 1. The van der Waals surface area contributed by atoms with Crippen molar-refractivity contribution in [2.45, 2.75) is 40.7 Å². The number of rotatable bonds is 7. The molecule has 6 nitrogen and oxygen atoms in total. The SMILES string of the molecule is CCCNC(=O)CN=C(NCC)NCc1sc(C)nc1C.I. The molecule has 1 rings (SSSR count). The standard InChI is InChI=1S/C14H25N5OS.HI/c1-5-7-16-13(20)9-18-14(15-6-2)17-8-12-10(3)19-11(4)21-12;/h5-9H2,1-4H3,(H,16,20)(H2,15,17,18);1H. The quantitative estimate of drug-likeness (QED) is 0.345. The summed E-state index contributed by atoms with van der Waals surface area (Å²) in [6.45, 7) is 10.3. The van der Waals surface area contributed by atoms with Crippen LogP contribution in [-0.4, -0.2) is 36.5 Å². The Kier molecular flexibility index (Phi) is 11.2. The third-order valence-electron chi connectivity index (χ3n) is 2.71. The van der Waals surface area contributed by atoms with Crippen LogP contribution in [0, 0.1) is 13.8 Å². The maximum Gasteiger partial charge on any atom is 0.241 e. The van der Waals surface area contributed by atoms with Crippen molar-refractivity contribution in [2.75, 3.05) is 19.6 Å². The number of nitrogens with zero attached hydrogens (tertiary/aromatic N) is 2. The molecular weight excluding hydrogens is 413 g/mol. The lowest BCUT2D eigenvalue weighted by molar-refractivity contribution is -0.119. The molecule has 126 valence electrons. The lowest BCUT2D eigenvalue weighted by Crippen LogP contribution is -2.38. The van der Waals surface area contributed by atoms with E-state index in [4.69, 9.17) is 0 Å². The van der Waals surface area contributed by atoms with Gasteiger partial charge in [-0.1, -0.05) is 6.92 Å². The second-order valence-electron chi connectivity index (χ2n) is 4.64. The van der Waals surface area contributed by atoms with Crippen LogP contribution in [0.15, 0.2) is 4.99 Å². The molecule has 22 heavy (non-hydrogen) atoms. The number of guanidine groups is 1. The lowest BCUT2D eigenvalue weighted by atomic mass is 10.4. The molecule has 1 aromatic rings. The van der Waals surface area contributed by atoms with Gasteiger partial charge in [0.2, 0.25) is 5.91 Å². The second-order valence-corrected chi connectivity index (χ2v) is 5.93. The molecule has 0 bridgehead atoms. The number of thiazole rings is 1. The van der Waals surface area contributed by atoms with Gasteiger partial charge in [0.1, 0.15) is 6.54 Å². The summed E-state index contributed by atoms with van der Waals surface area (Å²) in [5, 5.41) is 10.2. The summed E-state index contributed by atoms with van der Waals surface area (Å²) in [7, 11) is 0. The number of halogens is 1. The van der Waals surface area contributed by atoms with Crippen molar-refractivity contribution in [3.8, 4) is 0 Å². The maximum atomic E-state index is 11.6. The van der Waals surface area contributed by atoms with E-state index < -0.39 is 0 Å². The summed E-state index contributed by atoms with van der Waals surface area (Å²) in [4.78, 5) is 21.4. The Morgan fingerprint density at radius 3 is 2.50 bits per heavy atom. The zero-order valence-electron chi connectivity index (χ0n) is 13.7. The van der Waals surface area contributed by atoms with Crippen LogP contribution in [0.5, 0.6) is 0 Å². The molecule has 0 aliphatic rings. The van der Waals surface area contributed by atoms with Crippen molar-refractivity contribution in [3.63, 3.8) is 0 Å². The van der Waals surface area contributed by atoms with Crippen molar-refractivity contribution >= 4 is 47.2 Å². The number of amides is 1. The Bertz CT molecular complexity index is 490. The molecule has 0 aromatic carbocycles. The number of hydrogen-bond donors (Lipinski definition) is 3. The van der Waals surface area contributed by atoms with Crippen LogP contribution >= 0.6 is 35.3 Å². The van der Waals surface area contributed by atoms with E-state index in [-0.39, 0.29) is 36.4 Å². The average molecular weight is 439 g/mol. The van der Waals surface area contributed by atoms with E-state index in [1.54, 1.807) is 11.3 Å². The fourth-order valence-electron chi connectivity index (χ4n) is 1.71. The summed E-state index contributed by atoms with van der Waals surface area (Å²) in [6.07, 6.45) is 0.928. The Morgan fingerprint density at radius 1 is 1.23 bits per heavy atom. The number of carbonyl (C=O) groups excluding carboxylic acids is 1. The van der Waals surface area contributed by atoms with E-state index in [2.05, 4.69) is 25.9 Å². The molecule has 3 N–H and O–H groups in total. The molecule has 0 aliphatic carbocycles. The summed E-state index contributed by atoms with van der Waals surface area (Å²) in [5.74, 6) is 0.591. The van der Waals surface area contributed by atoms with Crippen LogP contribution in [0.3, 0.4) is 0 Å². The first kappa shape index (κ1) is 21.1. The Hall–Kier alpha value is -0.900. The second kappa shape index (κ2) is 11.6. The van der Waals surface area contributed by atoms with Crippen LogP contribution in [-0.2, 0) is 11.3 Å². The van der Waals surface area contributed by atoms with Gasteiger partial charge in [-0.3, -0.25) is 4.79 Å². The van der Waals surface area contributed by atoms with Gasteiger partial charge in [0.15, 0.2) is 5.96 Å². The Morgan fingerprint density at radius 2 is 1.95 bits per heavy atom. The molecule has 0 aliphatic heterocycles. The normalized spacial score (nSPS) is 10.8. The smallest absolute Gasteiger partial charge is 0.241 e. The highest BCUT2D eigenvalue weighted by Crippen LogP contribution is 2.16. The van der Waals surface area contributed by atoms with E-state index in [9.17, 15) is 4.79 Å². The highest BCUT2D eigenvalue weighted by Gasteiger charge is 2.06. The van der Waals surface area contributed by atoms with Crippen molar-refractivity contribution < 1.29 is 4.79 Å². The van der Waals surface area contributed by atoms with Gasteiger partial charge in [-0.2, -0.15) is 0 Å². The van der Waals surface area contributed by atoms with E-state index in [1.807, 2.05) is 27.7 Å². The lowest BCUT2D eigenvalue weighted by Gasteiger charge is -2.10. The van der Waals surface area contributed by atoms with Gasteiger partial charge in [-0.15, -0.1) is 35.3 Å². The molecule has 0 unspecified atom stereocenters. The summed E-state index contributed by atoms with van der Waals surface area (Å²) >= 11 is 1.67. The fraction of sp³-hybridized carbons (Fsp3) is 0.643. The Labute approximate surface area is 153 Å². The van der Waals surface area contributed by atoms with E-state index >= 15 is 0 Å². The van der Waals surface area contributed by atoms with Gasteiger partial charge in [0.25, 0.3) is 0 Å². The minimum absolute atomic E-state index is 0. The van der Waals surface area contributed by atoms with Crippen molar-refractivity contribution in [2.24, 2.45) is 4.99 Å². The first-order valence-electron chi connectivity index (χ1n) is 7.28. The summed E-state index contributed by atoms with van der Waals surface area (Å²) < 4.78 is 0. The van der Waals surface area contributed by atoms with Gasteiger partial charge >= 0.3 is 0 Å². The van der Waals surface area contributed by atoms with Gasteiger partial charge < -0.3 is 16.0 Å². The van der Waals surface area contributed by atoms with E-state index in [0.717, 1.165) is 23.7 Å². The summed E-state index contributed by atoms with van der Waals surface area (Å²) in [5.41, 5.74) is 1.04. The van der Waals surface area contributed by atoms with Crippen molar-refractivity contribution in [1.82, 2.24) is 20.9 Å². The predicted molar refractivity (Wildman–Crippen MR) is 103 cm³/mol. The monoisotopic (exact) mass is 439 g/mol. The first-order valence-corrected chi connectivity index (χ1v) is 8.10. The number of aliphatic imine (C=N–C) groups is 1. The van der Waals surface area contributed by atoms with E-state index in [1.165, 1.54) is 4.88 Å². The van der Waals surface area contributed by atoms with Gasteiger partial charge in [-0.05, 0) is 27.2 Å². The predicted octanol–water partition coefficient (Wildman–Crippen LogP) is 1.96. The number of aryl methyl sites for hydroxylation is 2. The van der Waals surface area contributed by atoms with Crippen molar-refractivity contribution in [3.05, 3.63) is 15.6 Å². The highest BCUT2D eigenvalue weighted by molar-refractivity contribution is 14.0. The number of carbonyl (C=O) groups is 1. The van der Waals surface area contributed by atoms with Crippen LogP contribution in [0.25, 0.3) is 0 Å². The largest absolute Gasteiger partial charge is 0.357 e. The molecule has 1 amide bonds. The van der Waals surface area contributed by atoms with Gasteiger partial charge in [-0.25, -0.2) is 9.98 Å². The minimum atomic E-state index is -0.0566. The fourth-order valence-corrected chi connectivity index (χ4v) is 2.59. The highest BCUT2D eigenvalue weighted by atomic mass is 127. The van der Waals surface area contributed by atoms with Crippen LogP contribution in [0.1, 0.15) is 35.8 Å². The van der Waals surface area contributed by atoms with Crippen molar-refractivity contribution in [1.29, 1.82) is 0 Å². The molecule has 0 saturated heterocycles. The van der Waals surface area contributed by atoms with Crippen LogP contribution in [0.2, 0.25) is 0 Å². The average Bonchev–Trinajstić information content (AvgIpc) is 2.77. The third-order valence-corrected chi connectivity index (χ3v) is 3.79. The molecule has 0 spiro atoms. The molecular formula is C14H26IN5OS.